The van der Waals surface area contributed by atoms with E-state index in [1.165, 1.54) is 0 Å². The fourth-order valence-corrected chi connectivity index (χ4v) is 2.96. The molecule has 2 aromatic carbocycles. The van der Waals surface area contributed by atoms with Gasteiger partial charge in [0.1, 0.15) is 5.75 Å². The molecule has 0 aliphatic carbocycles. The van der Waals surface area contributed by atoms with Crippen LogP contribution in [0.25, 0.3) is 10.9 Å². The van der Waals surface area contributed by atoms with Crippen molar-refractivity contribution in [1.29, 1.82) is 0 Å². The minimum absolute atomic E-state index is 0.316. The number of hydrogen-bond donors (Lipinski definition) is 2. The summed E-state index contributed by atoms with van der Waals surface area (Å²) in [5, 5.41) is 3.32. The normalized spacial score (nSPS) is 10.6. The molecule has 6 heteroatoms. The number of aromatic amines is 1. The molecule has 0 spiro atoms. The van der Waals surface area contributed by atoms with E-state index >= 15 is 0 Å². The lowest BCUT2D eigenvalue weighted by molar-refractivity contribution is -0.112. The Morgan fingerprint density at radius 2 is 1.96 bits per heavy atom. The van der Waals surface area contributed by atoms with Crippen LogP contribution in [-0.4, -0.2) is 23.8 Å². The third-order valence-corrected chi connectivity index (χ3v) is 4.27. The smallest absolute Gasteiger partial charge is 0.296 e. The molecule has 0 aliphatic rings. The molecule has 24 heavy (non-hydrogen) atoms. The molecule has 1 amide bonds. The van der Waals surface area contributed by atoms with E-state index in [1.54, 1.807) is 31.5 Å². The summed E-state index contributed by atoms with van der Waals surface area (Å²) in [6.07, 6.45) is 1.54. The minimum atomic E-state index is -0.677. The standard InChI is InChI=1S/C18H15BrN2O3/c1-10-7-11(19)3-5-15(10)21-18(23)17(22)14-9-20-16-6-4-12(24-2)8-13(14)16/h3-9,20H,1-2H3,(H,21,23). The van der Waals surface area contributed by atoms with E-state index in [9.17, 15) is 9.59 Å². The van der Waals surface area contributed by atoms with Gasteiger partial charge >= 0.3 is 0 Å². The summed E-state index contributed by atoms with van der Waals surface area (Å²) >= 11 is 3.37. The van der Waals surface area contributed by atoms with Gasteiger partial charge in [-0.05, 0) is 48.9 Å². The molecule has 0 radical (unpaired) electrons. The largest absolute Gasteiger partial charge is 0.497 e. The molecule has 1 aromatic heterocycles. The second kappa shape index (κ2) is 6.49. The van der Waals surface area contributed by atoms with Gasteiger partial charge in [-0.25, -0.2) is 0 Å². The number of carbonyl (C=O) groups is 2. The monoisotopic (exact) mass is 386 g/mol. The predicted octanol–water partition coefficient (Wildman–Crippen LogP) is 4.07. The number of ketones is 1. The van der Waals surface area contributed by atoms with Crippen LogP contribution in [0.1, 0.15) is 15.9 Å². The Morgan fingerprint density at radius 1 is 1.17 bits per heavy atom. The van der Waals surface area contributed by atoms with Crippen LogP contribution in [0.15, 0.2) is 47.1 Å². The number of methoxy groups -OCH3 is 1. The summed E-state index contributed by atoms with van der Waals surface area (Å²) in [4.78, 5) is 27.8. The summed E-state index contributed by atoms with van der Waals surface area (Å²) in [5.74, 6) is -0.652. The second-order valence-electron chi connectivity index (χ2n) is 5.36. The van der Waals surface area contributed by atoms with Gasteiger partial charge in [0, 0.05) is 27.3 Å². The van der Waals surface area contributed by atoms with Crippen molar-refractivity contribution in [3.8, 4) is 5.75 Å². The number of fused-ring (bicyclic) bond motifs is 1. The van der Waals surface area contributed by atoms with Gasteiger partial charge in [0.15, 0.2) is 0 Å². The van der Waals surface area contributed by atoms with Crippen LogP contribution in [0.4, 0.5) is 5.69 Å². The van der Waals surface area contributed by atoms with Crippen molar-refractivity contribution in [2.75, 3.05) is 12.4 Å². The third kappa shape index (κ3) is 3.05. The van der Waals surface area contributed by atoms with Crippen molar-refractivity contribution in [2.24, 2.45) is 0 Å². The topological polar surface area (TPSA) is 71.2 Å². The van der Waals surface area contributed by atoms with E-state index in [4.69, 9.17) is 4.74 Å². The zero-order valence-corrected chi connectivity index (χ0v) is 14.7. The number of rotatable bonds is 4. The van der Waals surface area contributed by atoms with Crippen molar-refractivity contribution in [1.82, 2.24) is 4.98 Å². The Morgan fingerprint density at radius 3 is 2.67 bits per heavy atom. The number of benzene rings is 2. The molecule has 0 saturated carbocycles. The first-order chi connectivity index (χ1) is 11.5. The summed E-state index contributed by atoms with van der Waals surface area (Å²) in [6.45, 7) is 1.86. The number of nitrogens with one attached hydrogen (secondary N) is 2. The summed E-state index contributed by atoms with van der Waals surface area (Å²) in [5.41, 5.74) is 2.56. The number of aromatic nitrogens is 1. The molecular formula is C18H15BrN2O3. The SMILES string of the molecule is COc1ccc2[nH]cc(C(=O)C(=O)Nc3ccc(Br)cc3C)c2c1. The number of aryl methyl sites for hydroxylation is 1. The van der Waals surface area contributed by atoms with E-state index in [0.717, 1.165) is 15.6 Å². The highest BCUT2D eigenvalue weighted by atomic mass is 79.9. The van der Waals surface area contributed by atoms with E-state index in [-0.39, 0.29) is 0 Å². The van der Waals surface area contributed by atoms with Crippen LogP contribution in [0.2, 0.25) is 0 Å². The highest BCUT2D eigenvalue weighted by Crippen LogP contribution is 2.25. The van der Waals surface area contributed by atoms with E-state index < -0.39 is 11.7 Å². The number of amides is 1. The maximum absolute atomic E-state index is 12.5. The lowest BCUT2D eigenvalue weighted by Crippen LogP contribution is -2.23. The van der Waals surface area contributed by atoms with Crippen LogP contribution in [0.3, 0.4) is 0 Å². The van der Waals surface area contributed by atoms with E-state index in [0.29, 0.717) is 22.4 Å². The molecule has 0 fully saturated rings. The third-order valence-electron chi connectivity index (χ3n) is 3.78. The second-order valence-corrected chi connectivity index (χ2v) is 6.27. The lowest BCUT2D eigenvalue weighted by atomic mass is 10.1. The predicted molar refractivity (Wildman–Crippen MR) is 96.7 cm³/mol. The van der Waals surface area contributed by atoms with Gasteiger partial charge in [0.05, 0.1) is 12.7 Å². The number of H-pyrrole nitrogens is 1. The van der Waals surface area contributed by atoms with Gasteiger partial charge < -0.3 is 15.0 Å². The molecule has 122 valence electrons. The molecule has 1 heterocycles. The Labute approximate surface area is 147 Å². The van der Waals surface area contributed by atoms with Crippen LogP contribution in [0.5, 0.6) is 5.75 Å². The molecule has 0 unspecified atom stereocenters. The molecule has 5 nitrogen and oxygen atoms in total. The Balaban J connectivity index is 1.89. The maximum atomic E-state index is 12.5. The fraction of sp³-hybridized carbons (Fsp3) is 0.111. The number of anilines is 1. The average molecular weight is 387 g/mol. The quantitative estimate of drug-likeness (QED) is 0.524. The van der Waals surface area contributed by atoms with Crippen LogP contribution < -0.4 is 10.1 Å². The Bertz CT molecular complexity index is 947. The molecule has 2 N–H and O–H groups in total. The summed E-state index contributed by atoms with van der Waals surface area (Å²) < 4.78 is 6.09. The van der Waals surface area contributed by atoms with Crippen molar-refractivity contribution >= 4 is 44.2 Å². The highest BCUT2D eigenvalue weighted by Gasteiger charge is 2.21. The van der Waals surface area contributed by atoms with Gasteiger partial charge in [0.2, 0.25) is 0 Å². The summed E-state index contributed by atoms with van der Waals surface area (Å²) in [7, 11) is 1.55. The van der Waals surface area contributed by atoms with Gasteiger partial charge in [-0.2, -0.15) is 0 Å². The van der Waals surface area contributed by atoms with Crippen molar-refractivity contribution < 1.29 is 14.3 Å². The molecule has 0 atom stereocenters. The van der Waals surface area contributed by atoms with Crippen LogP contribution in [0, 0.1) is 6.92 Å². The van der Waals surface area contributed by atoms with Crippen LogP contribution >= 0.6 is 15.9 Å². The fourth-order valence-electron chi connectivity index (χ4n) is 2.48. The number of hydrogen-bond acceptors (Lipinski definition) is 3. The molecule has 0 aliphatic heterocycles. The number of Topliss-reactive ketones (excluding diaryl/α,β-unsaturated/α-hetero) is 1. The number of carbonyl (C=O) groups excluding carboxylic acids is 2. The van der Waals surface area contributed by atoms with Crippen LogP contribution in [-0.2, 0) is 4.79 Å². The highest BCUT2D eigenvalue weighted by molar-refractivity contribution is 9.10. The molecule has 0 bridgehead atoms. The molecular weight excluding hydrogens is 372 g/mol. The molecule has 3 rings (SSSR count). The van der Waals surface area contributed by atoms with Gasteiger partial charge in [-0.15, -0.1) is 0 Å². The van der Waals surface area contributed by atoms with Crippen molar-refractivity contribution in [3.63, 3.8) is 0 Å². The molecule has 3 aromatic rings. The maximum Gasteiger partial charge on any atom is 0.296 e. The van der Waals surface area contributed by atoms with Gasteiger partial charge in [-0.1, -0.05) is 15.9 Å². The number of halogens is 1. The van der Waals surface area contributed by atoms with Gasteiger partial charge in [0.25, 0.3) is 11.7 Å². The first-order valence-electron chi connectivity index (χ1n) is 7.26. The average Bonchev–Trinajstić information content (AvgIpc) is 2.99. The summed E-state index contributed by atoms with van der Waals surface area (Å²) in [6, 6.07) is 10.8. The van der Waals surface area contributed by atoms with Crippen molar-refractivity contribution in [3.05, 3.63) is 58.2 Å². The first-order valence-corrected chi connectivity index (χ1v) is 8.06. The zero-order valence-electron chi connectivity index (χ0n) is 13.1. The Kier molecular flexibility index (Phi) is 4.40. The van der Waals surface area contributed by atoms with E-state index in [1.807, 2.05) is 25.1 Å². The number of ether oxygens (including phenoxy) is 1. The van der Waals surface area contributed by atoms with E-state index in [2.05, 4.69) is 26.2 Å². The first kappa shape index (κ1) is 16.3. The minimum Gasteiger partial charge on any atom is -0.497 e. The molecule has 0 saturated heterocycles. The lowest BCUT2D eigenvalue weighted by Gasteiger charge is -2.08. The Hall–Kier alpha value is -2.60. The van der Waals surface area contributed by atoms with Gasteiger partial charge in [-0.3, -0.25) is 9.59 Å². The zero-order chi connectivity index (χ0) is 17.3. The van der Waals surface area contributed by atoms with Crippen molar-refractivity contribution in [2.45, 2.75) is 6.92 Å².